The van der Waals surface area contributed by atoms with Crippen molar-refractivity contribution in [2.24, 2.45) is 5.92 Å². The van der Waals surface area contributed by atoms with Crippen molar-refractivity contribution in [3.63, 3.8) is 0 Å². The Bertz CT molecular complexity index is 1740. The minimum atomic E-state index is -4.95. The molecule has 534 valence electrons. The van der Waals surface area contributed by atoms with Gasteiger partial charge in [-0.05, 0) is 31.6 Å². The van der Waals surface area contributed by atoms with Gasteiger partial charge in [-0.2, -0.15) is 0 Å². The molecule has 0 rings (SSSR count). The molecule has 0 aliphatic heterocycles. The lowest BCUT2D eigenvalue weighted by Crippen LogP contribution is -2.30. The van der Waals surface area contributed by atoms with Crippen LogP contribution in [0.5, 0.6) is 0 Å². The van der Waals surface area contributed by atoms with Crippen LogP contribution in [-0.4, -0.2) is 96.7 Å². The SMILES string of the molecule is CCCCCCCCCCCCCCCCCCCCCC(=O)O[C@H](COC(=O)CCCCCCCCCCCCC)COP(=O)(O)OC[C@@H](O)COP(=O)(O)OC[C@@H](COC(=O)CCCCCCCCC(C)C)OC(=O)CCCCCCCCCCCCC. The molecule has 5 atom stereocenters. The number of hydrogen-bond acceptors (Lipinski definition) is 15. The molecule has 0 aromatic carbocycles. The topological polar surface area (TPSA) is 237 Å². The normalized spacial score (nSPS) is 14.1. The van der Waals surface area contributed by atoms with Gasteiger partial charge in [0, 0.05) is 25.7 Å². The predicted molar refractivity (Wildman–Crippen MR) is 363 cm³/mol. The number of hydrogen-bond donors (Lipinski definition) is 3. The van der Waals surface area contributed by atoms with E-state index in [1.165, 1.54) is 186 Å². The maximum Gasteiger partial charge on any atom is 0.472 e. The first-order valence-corrected chi connectivity index (χ1v) is 40.1. The number of rotatable bonds is 71. The van der Waals surface area contributed by atoms with Crippen LogP contribution in [0.15, 0.2) is 0 Å². The Hall–Kier alpha value is -1.94. The summed E-state index contributed by atoms with van der Waals surface area (Å²) in [6, 6.07) is 0. The molecule has 0 amide bonds. The van der Waals surface area contributed by atoms with Crippen LogP contribution < -0.4 is 0 Å². The van der Waals surface area contributed by atoms with Gasteiger partial charge in [0.15, 0.2) is 12.2 Å². The Morgan fingerprint density at radius 2 is 0.511 bits per heavy atom. The molecule has 0 aliphatic rings. The summed E-state index contributed by atoms with van der Waals surface area (Å²) in [4.78, 5) is 72.5. The number of carbonyl (C=O) groups is 4. The number of esters is 4. The Labute approximate surface area is 549 Å². The van der Waals surface area contributed by atoms with E-state index < -0.39 is 97.5 Å². The highest BCUT2D eigenvalue weighted by Gasteiger charge is 2.30. The van der Waals surface area contributed by atoms with Gasteiger partial charge >= 0.3 is 39.5 Å². The van der Waals surface area contributed by atoms with Gasteiger partial charge in [0.1, 0.15) is 19.3 Å². The summed E-state index contributed by atoms with van der Waals surface area (Å²) in [6.07, 6.45) is 51.5. The van der Waals surface area contributed by atoms with Crippen LogP contribution >= 0.6 is 15.6 Å². The second-order valence-electron chi connectivity index (χ2n) is 26.1. The largest absolute Gasteiger partial charge is 0.472 e. The quantitative estimate of drug-likeness (QED) is 0.0222. The molecule has 0 aromatic heterocycles. The number of phosphoric acid groups is 2. The summed E-state index contributed by atoms with van der Waals surface area (Å²) in [7, 11) is -9.90. The van der Waals surface area contributed by atoms with E-state index in [0.717, 1.165) is 96.3 Å². The van der Waals surface area contributed by atoms with Crippen molar-refractivity contribution in [1.82, 2.24) is 0 Å². The molecule has 17 nitrogen and oxygen atoms in total. The van der Waals surface area contributed by atoms with Crippen molar-refractivity contribution in [2.45, 2.75) is 387 Å². The van der Waals surface area contributed by atoms with Crippen molar-refractivity contribution in [2.75, 3.05) is 39.6 Å². The van der Waals surface area contributed by atoms with Crippen LogP contribution in [0.4, 0.5) is 0 Å². The molecule has 3 N–H and O–H groups in total. The van der Waals surface area contributed by atoms with Crippen molar-refractivity contribution in [3.05, 3.63) is 0 Å². The van der Waals surface area contributed by atoms with Crippen molar-refractivity contribution in [1.29, 1.82) is 0 Å². The lowest BCUT2D eigenvalue weighted by molar-refractivity contribution is -0.161. The molecule has 0 heterocycles. The highest BCUT2D eigenvalue weighted by molar-refractivity contribution is 7.47. The maximum atomic E-state index is 13.0. The molecule has 0 fully saturated rings. The fourth-order valence-electron chi connectivity index (χ4n) is 10.8. The fraction of sp³-hybridized carbons (Fsp3) is 0.944. The van der Waals surface area contributed by atoms with E-state index in [-0.39, 0.29) is 25.7 Å². The Kier molecular flexibility index (Phi) is 63.0. The van der Waals surface area contributed by atoms with Gasteiger partial charge in [0.05, 0.1) is 26.4 Å². The molecule has 0 saturated heterocycles. The first kappa shape index (κ1) is 88.1. The summed E-state index contributed by atoms with van der Waals surface area (Å²) < 4.78 is 68.2. The third-order valence-electron chi connectivity index (χ3n) is 16.5. The monoisotopic (exact) mass is 1320 g/mol. The highest BCUT2D eigenvalue weighted by atomic mass is 31.2. The van der Waals surface area contributed by atoms with Crippen LogP contribution in [0.1, 0.15) is 369 Å². The van der Waals surface area contributed by atoms with E-state index in [1.807, 2.05) is 0 Å². The maximum absolute atomic E-state index is 13.0. The van der Waals surface area contributed by atoms with Crippen LogP contribution in [0.2, 0.25) is 0 Å². The number of aliphatic hydroxyl groups is 1. The van der Waals surface area contributed by atoms with Gasteiger partial charge in [0.2, 0.25) is 0 Å². The van der Waals surface area contributed by atoms with Crippen LogP contribution in [-0.2, 0) is 65.4 Å². The van der Waals surface area contributed by atoms with Gasteiger partial charge in [-0.1, -0.05) is 317 Å². The Morgan fingerprint density at radius 1 is 0.300 bits per heavy atom. The van der Waals surface area contributed by atoms with E-state index in [0.29, 0.717) is 31.6 Å². The minimum absolute atomic E-state index is 0.106. The lowest BCUT2D eigenvalue weighted by atomic mass is 10.0. The number of unbranched alkanes of at least 4 members (excludes halogenated alkanes) is 43. The van der Waals surface area contributed by atoms with E-state index >= 15 is 0 Å². The van der Waals surface area contributed by atoms with Gasteiger partial charge in [-0.3, -0.25) is 37.3 Å². The molecular formula is C71H138O17P2. The second kappa shape index (κ2) is 64.4. The zero-order valence-corrected chi connectivity index (χ0v) is 60.1. The smallest absolute Gasteiger partial charge is 0.462 e. The van der Waals surface area contributed by atoms with Crippen LogP contribution in [0, 0.1) is 5.92 Å². The van der Waals surface area contributed by atoms with E-state index in [2.05, 4.69) is 34.6 Å². The molecule has 0 spiro atoms. The number of aliphatic hydroxyl groups excluding tert-OH is 1. The number of phosphoric ester groups is 2. The average molecular weight is 1330 g/mol. The van der Waals surface area contributed by atoms with E-state index in [4.69, 9.17) is 37.0 Å². The third-order valence-corrected chi connectivity index (χ3v) is 18.4. The van der Waals surface area contributed by atoms with Gasteiger partial charge in [0.25, 0.3) is 0 Å². The van der Waals surface area contributed by atoms with E-state index in [9.17, 15) is 43.2 Å². The Balaban J connectivity index is 5.19. The minimum Gasteiger partial charge on any atom is -0.462 e. The molecule has 0 aromatic rings. The van der Waals surface area contributed by atoms with E-state index in [1.54, 1.807) is 0 Å². The lowest BCUT2D eigenvalue weighted by Gasteiger charge is -2.21. The number of carbonyl (C=O) groups excluding carboxylic acids is 4. The van der Waals surface area contributed by atoms with Gasteiger partial charge in [-0.15, -0.1) is 0 Å². The zero-order chi connectivity index (χ0) is 66.3. The molecule has 0 saturated carbocycles. The summed E-state index contributed by atoms with van der Waals surface area (Å²) >= 11 is 0. The molecule has 19 heteroatoms. The van der Waals surface area contributed by atoms with Crippen molar-refractivity contribution < 1.29 is 80.2 Å². The second-order valence-corrected chi connectivity index (χ2v) is 29.0. The number of ether oxygens (including phenoxy) is 4. The summed E-state index contributed by atoms with van der Waals surface area (Å²) in [6.45, 7) is 7.16. The highest BCUT2D eigenvalue weighted by Crippen LogP contribution is 2.45. The third kappa shape index (κ3) is 64.8. The first-order chi connectivity index (χ1) is 43.5. The summed E-state index contributed by atoms with van der Waals surface area (Å²) in [5, 5.41) is 10.6. The van der Waals surface area contributed by atoms with Gasteiger partial charge in [-0.25, -0.2) is 9.13 Å². The predicted octanol–water partition coefficient (Wildman–Crippen LogP) is 20.5. The Morgan fingerprint density at radius 3 is 0.756 bits per heavy atom. The molecule has 0 radical (unpaired) electrons. The standard InChI is InChI=1S/C71H138O17P2/c1-6-9-12-15-18-21-24-25-26-27-28-29-30-31-34-37-40-47-52-57-71(76)87-66(60-81-68(73)54-49-44-38-35-32-22-19-16-13-10-7-2)62-85-89(77,78)83-58-65(72)59-84-90(79,80)86-63-67(61-82-69(74)55-50-45-42-41-43-48-53-64(4)5)88-70(75)56-51-46-39-36-33-23-20-17-14-11-8-3/h64-67,72H,6-63H2,1-5H3,(H,77,78)(H,79,80)/t65-,66-,67-/m1/s1. The fourth-order valence-corrected chi connectivity index (χ4v) is 12.4. The molecule has 2 unspecified atom stereocenters. The van der Waals surface area contributed by atoms with Gasteiger partial charge < -0.3 is 33.8 Å². The van der Waals surface area contributed by atoms with Crippen molar-refractivity contribution >= 4 is 39.5 Å². The molecule has 0 bridgehead atoms. The molecule has 0 aliphatic carbocycles. The summed E-state index contributed by atoms with van der Waals surface area (Å²) in [5.41, 5.74) is 0. The van der Waals surface area contributed by atoms with Crippen LogP contribution in [0.25, 0.3) is 0 Å². The van der Waals surface area contributed by atoms with Crippen molar-refractivity contribution in [3.8, 4) is 0 Å². The average Bonchev–Trinajstić information content (AvgIpc) is 3.73. The van der Waals surface area contributed by atoms with Crippen LogP contribution in [0.3, 0.4) is 0 Å². The zero-order valence-electron chi connectivity index (χ0n) is 58.3. The first-order valence-electron chi connectivity index (χ1n) is 37.1. The molecular weight excluding hydrogens is 1190 g/mol. The summed E-state index contributed by atoms with van der Waals surface area (Å²) in [5.74, 6) is -1.44. The molecule has 90 heavy (non-hydrogen) atoms.